The molecule has 0 aromatic heterocycles. The summed E-state index contributed by atoms with van der Waals surface area (Å²) in [6.07, 6.45) is -0.803. The van der Waals surface area contributed by atoms with Crippen molar-refractivity contribution in [3.63, 3.8) is 0 Å². The first-order valence-electron chi connectivity index (χ1n) is 14.4. The van der Waals surface area contributed by atoms with Crippen molar-refractivity contribution in [1.29, 1.82) is 0 Å². The van der Waals surface area contributed by atoms with E-state index in [1.54, 1.807) is 6.07 Å². The van der Waals surface area contributed by atoms with Gasteiger partial charge in [-0.1, -0.05) is 67.9 Å². The molecule has 1 aliphatic heterocycles. The van der Waals surface area contributed by atoms with Crippen molar-refractivity contribution in [1.82, 2.24) is 20.9 Å². The number of thiol groups is 1. The molecule has 0 aliphatic carbocycles. The number of halogens is 1. The van der Waals surface area contributed by atoms with Crippen molar-refractivity contribution in [3.05, 3.63) is 70.2 Å². The van der Waals surface area contributed by atoms with Crippen LogP contribution in [0, 0.1) is 5.92 Å². The lowest BCUT2D eigenvalue weighted by molar-refractivity contribution is -0.144. The van der Waals surface area contributed by atoms with Gasteiger partial charge in [-0.05, 0) is 41.5 Å². The number of hydrogen-bond donors (Lipinski definition) is 5. The smallest absolute Gasteiger partial charge is 0.407 e. The fourth-order valence-electron chi connectivity index (χ4n) is 4.75. The molecule has 0 fully saturated rings. The topological polar surface area (TPSA) is 154 Å². The van der Waals surface area contributed by atoms with Gasteiger partial charge in [0.15, 0.2) is 0 Å². The predicted octanol–water partition coefficient (Wildman–Crippen LogP) is 2.98. The molecule has 0 unspecified atom stereocenters. The zero-order valence-corrected chi connectivity index (χ0v) is 26.4. The number of alkyl carbamates (subject to hydrolysis) is 1. The van der Waals surface area contributed by atoms with E-state index >= 15 is 0 Å². The highest BCUT2D eigenvalue weighted by molar-refractivity contribution is 7.80. The Morgan fingerprint density at radius 1 is 1.02 bits per heavy atom. The molecule has 0 saturated carbocycles. The summed E-state index contributed by atoms with van der Waals surface area (Å²) in [6.45, 7) is 4.15. The molecule has 13 heteroatoms. The lowest BCUT2D eigenvalue weighted by Crippen LogP contribution is -2.60. The maximum atomic E-state index is 13.9. The first-order valence-corrected chi connectivity index (χ1v) is 15.5. The summed E-state index contributed by atoms with van der Waals surface area (Å²) in [5.41, 5.74) is 2.54. The van der Waals surface area contributed by atoms with Gasteiger partial charge in [-0.2, -0.15) is 12.6 Å². The molecule has 0 bridgehead atoms. The van der Waals surface area contributed by atoms with Crippen LogP contribution in [0.5, 0.6) is 0 Å². The van der Waals surface area contributed by atoms with Crippen LogP contribution in [0.25, 0.3) is 0 Å². The monoisotopic (exact) mass is 646 g/mol. The predicted molar refractivity (Wildman–Crippen MR) is 168 cm³/mol. The minimum Gasteiger partial charge on any atom is -0.481 e. The van der Waals surface area contributed by atoms with Gasteiger partial charge >= 0.3 is 12.1 Å². The SMILES string of the molecule is CC(C)COC(=O)N[C@H](CCC(=O)O)C(=O)N1Cc2ccccc2C[C@H]1C(=O)N[C@@H](CS)C(=O)NCCc1ccccc1Cl. The standard InChI is InChI=1S/C31H39ClN4O7S/c1-19(2)17-43-31(42)35-24(11-12-27(37)38)30(41)36-16-22-9-4-3-8-21(22)15-26(36)29(40)34-25(18-44)28(39)33-14-13-20-7-5-6-10-23(20)32/h3-10,19,24-26,44H,11-18H2,1-2H3,(H,33,39)(H,34,40)(H,35,42)(H,37,38)/t24-,25+,26+/m1/s1. The molecule has 44 heavy (non-hydrogen) atoms. The number of fused-ring (bicyclic) bond motifs is 1. The normalized spacial score (nSPS) is 15.5. The minimum absolute atomic E-state index is 0.00536. The second kappa shape index (κ2) is 16.9. The molecule has 238 valence electrons. The molecule has 3 atom stereocenters. The van der Waals surface area contributed by atoms with Crippen LogP contribution in [0.4, 0.5) is 4.79 Å². The quantitative estimate of drug-likeness (QED) is 0.198. The maximum Gasteiger partial charge on any atom is 0.407 e. The van der Waals surface area contributed by atoms with E-state index in [4.69, 9.17) is 16.3 Å². The Morgan fingerprint density at radius 2 is 1.70 bits per heavy atom. The Labute approximate surface area is 267 Å². The number of rotatable bonds is 14. The number of amides is 4. The largest absolute Gasteiger partial charge is 0.481 e. The van der Waals surface area contributed by atoms with Crippen LogP contribution in [0.15, 0.2) is 48.5 Å². The van der Waals surface area contributed by atoms with Gasteiger partial charge in [0.1, 0.15) is 18.1 Å². The Balaban J connectivity index is 1.76. The van der Waals surface area contributed by atoms with E-state index in [9.17, 15) is 29.1 Å². The molecular formula is C31H39ClN4O7S. The zero-order valence-electron chi connectivity index (χ0n) is 24.8. The second-order valence-electron chi connectivity index (χ2n) is 11.0. The number of carbonyl (C=O) groups is 5. The Morgan fingerprint density at radius 3 is 2.36 bits per heavy atom. The van der Waals surface area contributed by atoms with Crippen molar-refractivity contribution >= 4 is 54.0 Å². The van der Waals surface area contributed by atoms with Crippen LogP contribution < -0.4 is 16.0 Å². The molecule has 2 aromatic rings. The number of carboxylic acid groups (broad SMARTS) is 1. The first kappa shape index (κ1) is 34.7. The number of carboxylic acids is 1. The van der Waals surface area contributed by atoms with E-state index < -0.39 is 54.3 Å². The van der Waals surface area contributed by atoms with Gasteiger partial charge in [-0.3, -0.25) is 19.2 Å². The highest BCUT2D eigenvalue weighted by Gasteiger charge is 2.39. The summed E-state index contributed by atoms with van der Waals surface area (Å²) >= 11 is 10.5. The third kappa shape index (κ3) is 10.2. The summed E-state index contributed by atoms with van der Waals surface area (Å²) in [4.78, 5) is 65.7. The summed E-state index contributed by atoms with van der Waals surface area (Å²) in [5.74, 6) is -2.74. The van der Waals surface area contributed by atoms with Gasteiger partial charge in [0.25, 0.3) is 0 Å². The summed E-state index contributed by atoms with van der Waals surface area (Å²) in [6, 6.07) is 11.4. The molecule has 4 N–H and O–H groups in total. The first-order chi connectivity index (χ1) is 21.0. The van der Waals surface area contributed by atoms with Gasteiger partial charge < -0.3 is 30.7 Å². The number of benzene rings is 2. The molecule has 0 radical (unpaired) electrons. The average Bonchev–Trinajstić information content (AvgIpc) is 3.00. The van der Waals surface area contributed by atoms with Crippen molar-refractivity contribution in [2.75, 3.05) is 18.9 Å². The van der Waals surface area contributed by atoms with Crippen molar-refractivity contribution in [2.45, 2.75) is 64.2 Å². The van der Waals surface area contributed by atoms with Crippen LogP contribution in [0.3, 0.4) is 0 Å². The van der Waals surface area contributed by atoms with Crippen molar-refractivity contribution in [3.8, 4) is 0 Å². The van der Waals surface area contributed by atoms with E-state index in [-0.39, 0.29) is 44.2 Å². The second-order valence-corrected chi connectivity index (χ2v) is 11.7. The van der Waals surface area contributed by atoms with E-state index in [1.165, 1.54) is 4.90 Å². The lowest BCUT2D eigenvalue weighted by atomic mass is 9.92. The molecule has 0 spiro atoms. The highest BCUT2D eigenvalue weighted by Crippen LogP contribution is 2.25. The zero-order chi connectivity index (χ0) is 32.2. The van der Waals surface area contributed by atoms with E-state index in [2.05, 4.69) is 28.6 Å². The van der Waals surface area contributed by atoms with Crippen LogP contribution in [-0.2, 0) is 43.3 Å². The third-order valence-electron chi connectivity index (χ3n) is 7.09. The molecule has 3 rings (SSSR count). The molecule has 4 amide bonds. The summed E-state index contributed by atoms with van der Waals surface area (Å²) in [7, 11) is 0. The molecule has 1 heterocycles. The molecule has 0 saturated heterocycles. The molecule has 2 aromatic carbocycles. The maximum absolute atomic E-state index is 13.9. The average molecular weight is 647 g/mol. The van der Waals surface area contributed by atoms with Crippen LogP contribution in [0.2, 0.25) is 5.02 Å². The number of aliphatic carboxylic acids is 1. The number of nitrogens with one attached hydrogen (secondary N) is 3. The van der Waals surface area contributed by atoms with Crippen LogP contribution in [-0.4, -0.2) is 76.8 Å². The van der Waals surface area contributed by atoms with Crippen molar-refractivity contribution in [2.24, 2.45) is 5.92 Å². The van der Waals surface area contributed by atoms with Gasteiger partial charge in [0.05, 0.1) is 6.61 Å². The Bertz CT molecular complexity index is 1340. The van der Waals surface area contributed by atoms with E-state index in [0.29, 0.717) is 11.4 Å². The van der Waals surface area contributed by atoms with Crippen molar-refractivity contribution < 1.29 is 33.8 Å². The van der Waals surface area contributed by atoms with Gasteiger partial charge in [-0.15, -0.1) is 0 Å². The van der Waals surface area contributed by atoms with Gasteiger partial charge in [-0.25, -0.2) is 4.79 Å². The number of nitrogens with zero attached hydrogens (tertiary/aromatic N) is 1. The molecule has 11 nitrogen and oxygen atoms in total. The van der Waals surface area contributed by atoms with Crippen LogP contribution >= 0.6 is 24.2 Å². The number of ether oxygens (including phenoxy) is 1. The summed E-state index contributed by atoms with van der Waals surface area (Å²) in [5, 5.41) is 17.9. The molecular weight excluding hydrogens is 608 g/mol. The lowest BCUT2D eigenvalue weighted by Gasteiger charge is -2.38. The number of carbonyl (C=O) groups excluding carboxylic acids is 4. The minimum atomic E-state index is -1.25. The fraction of sp³-hybridized carbons (Fsp3) is 0.452. The van der Waals surface area contributed by atoms with E-state index in [0.717, 1.165) is 16.7 Å². The highest BCUT2D eigenvalue weighted by atomic mass is 35.5. The van der Waals surface area contributed by atoms with Crippen LogP contribution in [0.1, 0.15) is 43.4 Å². The molecule has 1 aliphatic rings. The third-order valence-corrected chi connectivity index (χ3v) is 7.82. The Hall–Kier alpha value is -3.77. The van der Waals surface area contributed by atoms with Gasteiger partial charge in [0.2, 0.25) is 17.7 Å². The fourth-order valence-corrected chi connectivity index (χ4v) is 5.23. The van der Waals surface area contributed by atoms with Gasteiger partial charge in [0, 0.05) is 36.7 Å². The number of hydrogen-bond acceptors (Lipinski definition) is 7. The Kier molecular flexibility index (Phi) is 13.3. The summed E-state index contributed by atoms with van der Waals surface area (Å²) < 4.78 is 5.16. The van der Waals surface area contributed by atoms with E-state index in [1.807, 2.05) is 56.3 Å².